The Morgan fingerprint density at radius 3 is 2.63 bits per heavy atom. The fourth-order valence-electron chi connectivity index (χ4n) is 4.92. The lowest BCUT2D eigenvalue weighted by atomic mass is 9.79. The predicted octanol–water partition coefficient (Wildman–Crippen LogP) is 4.74. The molecule has 178 valence electrons. The van der Waals surface area contributed by atoms with Gasteiger partial charge in [0.05, 0.1) is 25.7 Å². The molecule has 2 amide bonds. The number of amides is 2. The molecule has 2 unspecified atom stereocenters. The summed E-state index contributed by atoms with van der Waals surface area (Å²) in [4.78, 5) is 32.7. The van der Waals surface area contributed by atoms with Crippen molar-refractivity contribution in [3.8, 4) is 5.75 Å². The highest BCUT2D eigenvalue weighted by molar-refractivity contribution is 6.05. The van der Waals surface area contributed by atoms with Gasteiger partial charge >= 0.3 is 0 Å². The van der Waals surface area contributed by atoms with Gasteiger partial charge in [-0.1, -0.05) is 42.5 Å². The van der Waals surface area contributed by atoms with Crippen molar-refractivity contribution in [1.29, 1.82) is 0 Å². The summed E-state index contributed by atoms with van der Waals surface area (Å²) < 4.78 is 10.7. The largest absolute Gasteiger partial charge is 0.497 e. The van der Waals surface area contributed by atoms with Gasteiger partial charge in [-0.2, -0.15) is 0 Å². The Kier molecular flexibility index (Phi) is 6.25. The average Bonchev–Trinajstić information content (AvgIpc) is 3.32. The maximum atomic E-state index is 14.0. The fourth-order valence-corrected chi connectivity index (χ4v) is 4.92. The molecule has 0 bridgehead atoms. The second kappa shape index (κ2) is 9.64. The summed E-state index contributed by atoms with van der Waals surface area (Å²) in [5.74, 6) is -0.294. The second-order valence-corrected chi connectivity index (χ2v) is 8.51. The van der Waals surface area contributed by atoms with E-state index in [1.165, 1.54) is 0 Å². The molecule has 0 fully saturated rings. The number of hydrogen-bond donors (Lipinski definition) is 2. The number of aromatic amines is 1. The lowest BCUT2D eigenvalue weighted by molar-refractivity contribution is -0.119. The van der Waals surface area contributed by atoms with Crippen molar-refractivity contribution in [3.63, 3.8) is 0 Å². The van der Waals surface area contributed by atoms with Gasteiger partial charge in [0.1, 0.15) is 5.75 Å². The molecule has 5 rings (SSSR count). The lowest BCUT2D eigenvalue weighted by Crippen LogP contribution is -2.47. The van der Waals surface area contributed by atoms with Crippen LogP contribution < -0.4 is 10.1 Å². The van der Waals surface area contributed by atoms with Gasteiger partial charge in [-0.3, -0.25) is 9.59 Å². The molecule has 1 aliphatic heterocycles. The molecule has 7 nitrogen and oxygen atoms in total. The summed E-state index contributed by atoms with van der Waals surface area (Å²) in [6.45, 7) is 0.716. The minimum absolute atomic E-state index is 0.113. The van der Waals surface area contributed by atoms with Gasteiger partial charge in [0.2, 0.25) is 5.91 Å². The number of ether oxygens (including phenoxy) is 2. The third-order valence-electron chi connectivity index (χ3n) is 6.53. The van der Waals surface area contributed by atoms with Gasteiger partial charge in [0.25, 0.3) is 5.91 Å². The Bertz CT molecular complexity index is 1380. The first kappa shape index (κ1) is 22.7. The van der Waals surface area contributed by atoms with Crippen LogP contribution in [0.25, 0.3) is 10.9 Å². The molecule has 7 heteroatoms. The van der Waals surface area contributed by atoms with Crippen LogP contribution in [0.15, 0.2) is 79.0 Å². The molecule has 1 aliphatic rings. The molecule has 4 aromatic rings. The molecule has 0 spiro atoms. The monoisotopic (exact) mass is 469 g/mol. The third kappa shape index (κ3) is 4.15. The van der Waals surface area contributed by atoms with E-state index in [4.69, 9.17) is 9.47 Å². The Labute approximate surface area is 203 Å². The van der Waals surface area contributed by atoms with E-state index in [0.29, 0.717) is 35.7 Å². The normalized spacial score (nSPS) is 17.3. The molecular weight excluding hydrogens is 442 g/mol. The topological polar surface area (TPSA) is 83.7 Å². The number of H-pyrrole nitrogens is 1. The Hall–Kier alpha value is -4.10. The minimum Gasteiger partial charge on any atom is -0.497 e. The van der Waals surface area contributed by atoms with Crippen molar-refractivity contribution >= 4 is 28.4 Å². The summed E-state index contributed by atoms with van der Waals surface area (Å²) in [6, 6.07) is 22.0. The number of nitrogens with zero attached hydrogens (tertiary/aromatic N) is 1. The van der Waals surface area contributed by atoms with E-state index in [1.54, 1.807) is 31.3 Å². The highest BCUT2D eigenvalue weighted by Gasteiger charge is 2.44. The zero-order valence-electron chi connectivity index (χ0n) is 19.7. The number of para-hydroxylation sites is 1. The molecule has 2 atom stereocenters. The molecule has 0 saturated carbocycles. The standard InChI is InChI=1S/C28H27N3O4/c1-34-15-14-31-26(23-17-29-24-13-6-5-10-20(23)24)25(21-11-3-4-12-22(21)28(31)33)27(32)30-18-8-7-9-19(16-18)35-2/h3-13,16-17,25-26,29H,14-15H2,1-2H3,(H,30,32). The van der Waals surface area contributed by atoms with E-state index >= 15 is 0 Å². The van der Waals surface area contributed by atoms with Crippen molar-refractivity contribution in [2.45, 2.75) is 12.0 Å². The first-order valence-corrected chi connectivity index (χ1v) is 11.5. The highest BCUT2D eigenvalue weighted by Crippen LogP contribution is 2.45. The van der Waals surface area contributed by atoms with Crippen molar-refractivity contribution in [2.75, 3.05) is 32.7 Å². The van der Waals surface area contributed by atoms with Gasteiger partial charge in [0.15, 0.2) is 0 Å². The Morgan fingerprint density at radius 1 is 1.00 bits per heavy atom. The van der Waals surface area contributed by atoms with Crippen LogP contribution in [0.2, 0.25) is 0 Å². The van der Waals surface area contributed by atoms with E-state index in [2.05, 4.69) is 10.3 Å². The number of carbonyl (C=O) groups excluding carboxylic acids is 2. The minimum atomic E-state index is -0.633. The molecule has 2 N–H and O–H groups in total. The smallest absolute Gasteiger partial charge is 0.254 e. The van der Waals surface area contributed by atoms with Crippen LogP contribution in [0.1, 0.15) is 33.4 Å². The first-order valence-electron chi connectivity index (χ1n) is 11.5. The number of carbonyl (C=O) groups is 2. The van der Waals surface area contributed by atoms with E-state index in [1.807, 2.05) is 66.9 Å². The lowest BCUT2D eigenvalue weighted by Gasteiger charge is -2.41. The maximum absolute atomic E-state index is 14.0. The zero-order chi connectivity index (χ0) is 24.4. The summed E-state index contributed by atoms with van der Waals surface area (Å²) in [7, 11) is 3.20. The van der Waals surface area contributed by atoms with Gasteiger partial charge in [-0.25, -0.2) is 0 Å². The first-order chi connectivity index (χ1) is 17.1. The molecule has 2 heterocycles. The SMILES string of the molecule is COCCN1C(=O)c2ccccc2C(C(=O)Nc2cccc(OC)c2)C1c1c[nH]c2ccccc12. The Balaban J connectivity index is 1.65. The third-order valence-corrected chi connectivity index (χ3v) is 6.53. The van der Waals surface area contributed by atoms with Crippen LogP contribution in [0.4, 0.5) is 5.69 Å². The van der Waals surface area contributed by atoms with Crippen LogP contribution in [-0.2, 0) is 9.53 Å². The summed E-state index contributed by atoms with van der Waals surface area (Å²) in [5, 5.41) is 4.04. The molecule has 0 saturated heterocycles. The molecule has 0 radical (unpaired) electrons. The van der Waals surface area contributed by atoms with Crippen LogP contribution in [0, 0.1) is 0 Å². The number of aromatic nitrogens is 1. The fraction of sp³-hybridized carbons (Fsp3) is 0.214. The summed E-state index contributed by atoms with van der Waals surface area (Å²) in [6.07, 6.45) is 1.90. The summed E-state index contributed by atoms with van der Waals surface area (Å²) >= 11 is 0. The maximum Gasteiger partial charge on any atom is 0.254 e. The van der Waals surface area contributed by atoms with Crippen molar-refractivity contribution in [3.05, 3.63) is 95.7 Å². The van der Waals surface area contributed by atoms with Crippen LogP contribution in [0.5, 0.6) is 5.75 Å². The Morgan fingerprint density at radius 2 is 1.80 bits per heavy atom. The molecule has 1 aromatic heterocycles. The second-order valence-electron chi connectivity index (χ2n) is 8.51. The van der Waals surface area contributed by atoms with Crippen molar-refractivity contribution in [1.82, 2.24) is 9.88 Å². The number of methoxy groups -OCH3 is 2. The van der Waals surface area contributed by atoms with E-state index in [9.17, 15) is 9.59 Å². The van der Waals surface area contributed by atoms with Crippen molar-refractivity contribution < 1.29 is 19.1 Å². The van der Waals surface area contributed by atoms with Gasteiger partial charge in [0, 0.05) is 53.6 Å². The molecule has 3 aromatic carbocycles. The number of nitrogens with one attached hydrogen (secondary N) is 2. The van der Waals surface area contributed by atoms with E-state index < -0.39 is 12.0 Å². The van der Waals surface area contributed by atoms with Crippen LogP contribution >= 0.6 is 0 Å². The average molecular weight is 470 g/mol. The van der Waals surface area contributed by atoms with Crippen LogP contribution in [0.3, 0.4) is 0 Å². The van der Waals surface area contributed by atoms with Gasteiger partial charge in [-0.05, 0) is 29.8 Å². The number of benzene rings is 3. The van der Waals surface area contributed by atoms with E-state index in [-0.39, 0.29) is 11.8 Å². The molecular formula is C28H27N3O4. The predicted molar refractivity (Wildman–Crippen MR) is 135 cm³/mol. The van der Waals surface area contributed by atoms with E-state index in [0.717, 1.165) is 16.5 Å². The number of rotatable bonds is 7. The van der Waals surface area contributed by atoms with Crippen LogP contribution in [-0.4, -0.2) is 49.1 Å². The molecule has 0 aliphatic carbocycles. The number of anilines is 1. The zero-order valence-corrected chi connectivity index (χ0v) is 19.7. The van der Waals surface area contributed by atoms with Gasteiger partial charge < -0.3 is 24.7 Å². The number of fused-ring (bicyclic) bond motifs is 2. The van der Waals surface area contributed by atoms with Gasteiger partial charge in [-0.15, -0.1) is 0 Å². The number of hydrogen-bond acceptors (Lipinski definition) is 4. The summed E-state index contributed by atoms with van der Waals surface area (Å²) in [5.41, 5.74) is 3.72. The highest BCUT2D eigenvalue weighted by atomic mass is 16.5. The molecule has 35 heavy (non-hydrogen) atoms. The van der Waals surface area contributed by atoms with Crippen molar-refractivity contribution in [2.24, 2.45) is 0 Å². The quantitative estimate of drug-likeness (QED) is 0.409.